The first-order valence-electron chi connectivity index (χ1n) is 10.9. The van der Waals surface area contributed by atoms with E-state index in [1.165, 1.54) is 42.7 Å². The second-order valence-electron chi connectivity index (χ2n) is 7.96. The van der Waals surface area contributed by atoms with E-state index < -0.39 is 67.5 Å². The van der Waals surface area contributed by atoms with Crippen molar-refractivity contribution in [2.24, 2.45) is 0 Å². The first-order valence-corrected chi connectivity index (χ1v) is 14.8. The highest BCUT2D eigenvalue weighted by atomic mass is 28.4. The molecule has 0 aromatic rings. The summed E-state index contributed by atoms with van der Waals surface area (Å²) in [6.07, 6.45) is -25.6. The summed E-state index contributed by atoms with van der Waals surface area (Å²) in [6.45, 7) is -1.59. The van der Waals surface area contributed by atoms with Crippen molar-refractivity contribution < 1.29 is 85.4 Å². The molecule has 0 saturated carbocycles. The average molecular weight is 637 g/mol. The van der Waals surface area contributed by atoms with Gasteiger partial charge >= 0.3 is 42.5 Å². The molecule has 1 N–H and O–H groups in total. The van der Waals surface area contributed by atoms with Crippen LogP contribution in [0, 0.1) is 0 Å². The van der Waals surface area contributed by atoms with Gasteiger partial charge in [0.15, 0.2) is 0 Å². The van der Waals surface area contributed by atoms with Crippen molar-refractivity contribution in [3.8, 4) is 0 Å². The predicted octanol–water partition coefficient (Wildman–Crippen LogP) is 4.34. The molecule has 0 atom stereocenters. The highest BCUT2D eigenvalue weighted by Gasteiger charge is 2.66. The van der Waals surface area contributed by atoms with Crippen LogP contribution in [0.15, 0.2) is 0 Å². The quantitative estimate of drug-likeness (QED) is 0.111. The molecule has 0 rings (SSSR count). The zero-order valence-electron chi connectivity index (χ0n) is 22.0. The number of alkyl halides is 9. The molecule has 0 heterocycles. The van der Waals surface area contributed by atoms with Gasteiger partial charge < -0.3 is 36.4 Å². The molecule has 0 aliphatic carbocycles. The Bertz CT molecular complexity index is 669. The molecule has 0 aliphatic rings. The summed E-state index contributed by atoms with van der Waals surface area (Å²) >= 11 is 0. The van der Waals surface area contributed by atoms with E-state index in [-0.39, 0.29) is 24.9 Å². The van der Waals surface area contributed by atoms with Crippen molar-refractivity contribution in [1.29, 1.82) is 0 Å². The third kappa shape index (κ3) is 12.4. The maximum atomic E-state index is 14.1. The van der Waals surface area contributed by atoms with Gasteiger partial charge in [-0.1, -0.05) is 0 Å². The van der Waals surface area contributed by atoms with E-state index in [0.717, 1.165) is 0 Å². The van der Waals surface area contributed by atoms with Crippen LogP contribution in [-0.4, -0.2) is 102 Å². The fourth-order valence-electron chi connectivity index (χ4n) is 3.32. The first-order chi connectivity index (χ1) is 17.6. The third-order valence-electron chi connectivity index (χ3n) is 5.46. The minimum absolute atomic E-state index is 0.0301. The number of halogens is 9. The summed E-state index contributed by atoms with van der Waals surface area (Å²) in [5.41, 5.74) is -2.31. The van der Waals surface area contributed by atoms with Crippen LogP contribution in [0.1, 0.15) is 25.7 Å². The first kappa shape index (κ1) is 38.4. The van der Waals surface area contributed by atoms with Crippen LogP contribution in [-0.2, 0) is 40.8 Å². The van der Waals surface area contributed by atoms with Gasteiger partial charge in [0, 0.05) is 54.7 Å². The van der Waals surface area contributed by atoms with Crippen LogP contribution in [0.4, 0.5) is 39.5 Å². The highest BCUT2D eigenvalue weighted by Crippen LogP contribution is 2.43. The molecular formula is C18H33F9O10Si2. The summed E-state index contributed by atoms with van der Waals surface area (Å²) in [5, 5.41) is 11.0. The summed E-state index contributed by atoms with van der Waals surface area (Å²) in [4.78, 5) is 0. The number of aliphatic hydroxyl groups is 1. The number of hydrogen-bond donors (Lipinski definition) is 1. The van der Waals surface area contributed by atoms with Crippen LogP contribution >= 0.6 is 0 Å². The van der Waals surface area contributed by atoms with E-state index in [1.807, 2.05) is 4.74 Å². The van der Waals surface area contributed by atoms with E-state index in [1.54, 1.807) is 0 Å². The van der Waals surface area contributed by atoms with Gasteiger partial charge in [0.05, 0.1) is 12.2 Å². The molecule has 236 valence electrons. The molecule has 0 bridgehead atoms. The Labute approximate surface area is 221 Å². The Morgan fingerprint density at radius 3 is 1.23 bits per heavy atom. The normalized spacial score (nSPS) is 14.8. The number of rotatable bonds is 21. The van der Waals surface area contributed by atoms with Crippen molar-refractivity contribution in [3.05, 3.63) is 0 Å². The Morgan fingerprint density at radius 1 is 0.564 bits per heavy atom. The molecule has 0 saturated heterocycles. The van der Waals surface area contributed by atoms with Crippen LogP contribution in [0.3, 0.4) is 0 Å². The third-order valence-corrected chi connectivity index (χ3v) is 11.1. The average Bonchev–Trinajstić information content (AvgIpc) is 2.82. The smallest absolute Gasteiger partial charge is 0.387 e. The topological polar surface area (TPSA) is 103 Å². The molecule has 0 aromatic carbocycles. The standard InChI is InChI=1S/C18H33F9O10Si2/c1-29-38(30-2,31-3)11-7-9-14(28,10-8-12-39(32-4,33-5)34-6)13-35-15(19,20)16(21,22)36-18(26,27)37-17(23,24)25/h28H,7-13H2,1-6H3. The lowest BCUT2D eigenvalue weighted by Crippen LogP contribution is -2.52. The lowest BCUT2D eigenvalue weighted by molar-refractivity contribution is -0.565. The molecule has 0 unspecified atom stereocenters. The molecule has 0 spiro atoms. The molecule has 0 amide bonds. The second-order valence-corrected chi connectivity index (χ2v) is 14.1. The van der Waals surface area contributed by atoms with Gasteiger partial charge in [-0.2, -0.15) is 22.3 Å². The minimum Gasteiger partial charge on any atom is -0.387 e. The SMILES string of the molecule is CO[Si](CCCC(O)(CCC[Si](OC)(OC)OC)COC(F)(F)C(F)(F)OC(F)(F)OC(F)(F)F)(OC)OC. The number of ether oxygens (including phenoxy) is 3. The Morgan fingerprint density at radius 2 is 0.923 bits per heavy atom. The fourth-order valence-corrected chi connectivity index (χ4v) is 6.77. The zero-order valence-corrected chi connectivity index (χ0v) is 24.0. The lowest BCUT2D eigenvalue weighted by atomic mass is 9.93. The highest BCUT2D eigenvalue weighted by molar-refractivity contribution is 6.60. The van der Waals surface area contributed by atoms with Crippen molar-refractivity contribution in [3.63, 3.8) is 0 Å². The van der Waals surface area contributed by atoms with Gasteiger partial charge in [-0.15, -0.1) is 22.0 Å². The lowest BCUT2D eigenvalue weighted by Gasteiger charge is -2.34. The zero-order chi connectivity index (χ0) is 30.8. The Kier molecular flexibility index (Phi) is 14.8. The van der Waals surface area contributed by atoms with E-state index in [0.29, 0.717) is 0 Å². The van der Waals surface area contributed by atoms with E-state index >= 15 is 0 Å². The van der Waals surface area contributed by atoms with Gasteiger partial charge in [-0.05, 0) is 25.7 Å². The Balaban J connectivity index is 5.70. The summed E-state index contributed by atoms with van der Waals surface area (Å²) in [6, 6.07) is 0.0603. The molecule has 0 radical (unpaired) electrons. The van der Waals surface area contributed by atoms with Crippen molar-refractivity contribution in [1.82, 2.24) is 0 Å². The Hall–Kier alpha value is -0.596. The molecule has 21 heteroatoms. The van der Waals surface area contributed by atoms with Gasteiger partial charge in [-0.25, -0.2) is 4.74 Å². The van der Waals surface area contributed by atoms with Crippen molar-refractivity contribution >= 4 is 17.6 Å². The molecule has 0 fully saturated rings. The van der Waals surface area contributed by atoms with E-state index in [4.69, 9.17) is 26.6 Å². The predicted molar refractivity (Wildman–Crippen MR) is 116 cm³/mol. The van der Waals surface area contributed by atoms with Gasteiger partial charge in [0.25, 0.3) is 0 Å². The molecule has 0 aliphatic heterocycles. The summed E-state index contributed by atoms with van der Waals surface area (Å²) in [7, 11) is 1.24. The molecular weight excluding hydrogens is 603 g/mol. The van der Waals surface area contributed by atoms with Crippen LogP contribution in [0.5, 0.6) is 0 Å². The van der Waals surface area contributed by atoms with E-state index in [9.17, 15) is 44.6 Å². The maximum Gasteiger partial charge on any atom is 0.529 e. The van der Waals surface area contributed by atoms with Gasteiger partial charge in [0.1, 0.15) is 0 Å². The maximum absolute atomic E-state index is 14.1. The van der Waals surface area contributed by atoms with Crippen LogP contribution in [0.2, 0.25) is 12.1 Å². The monoisotopic (exact) mass is 636 g/mol. The summed E-state index contributed by atoms with van der Waals surface area (Å²) in [5.74, 6) is 0. The van der Waals surface area contributed by atoms with Crippen molar-refractivity contribution in [2.45, 2.75) is 68.2 Å². The largest absolute Gasteiger partial charge is 0.529 e. The molecule has 39 heavy (non-hydrogen) atoms. The summed E-state index contributed by atoms with van der Waals surface area (Å²) < 4.78 is 157. The fraction of sp³-hybridized carbons (Fsp3) is 1.00. The second kappa shape index (κ2) is 15.0. The number of hydrogen-bond acceptors (Lipinski definition) is 10. The van der Waals surface area contributed by atoms with Gasteiger partial charge in [0.2, 0.25) is 0 Å². The van der Waals surface area contributed by atoms with Gasteiger partial charge in [-0.3, -0.25) is 0 Å². The van der Waals surface area contributed by atoms with E-state index in [2.05, 4.69) is 9.47 Å². The van der Waals surface area contributed by atoms with Crippen molar-refractivity contribution in [2.75, 3.05) is 49.3 Å². The van der Waals surface area contributed by atoms with Crippen LogP contribution < -0.4 is 0 Å². The minimum atomic E-state index is -6.32. The molecule has 10 nitrogen and oxygen atoms in total. The molecule has 0 aromatic heterocycles. The van der Waals surface area contributed by atoms with Crippen LogP contribution in [0.25, 0.3) is 0 Å².